The van der Waals surface area contributed by atoms with Crippen LogP contribution in [-0.2, 0) is 14.0 Å². The Labute approximate surface area is 142 Å². The molecule has 3 nitrogen and oxygen atoms in total. The van der Waals surface area contributed by atoms with E-state index in [2.05, 4.69) is 46.9 Å². The first kappa shape index (κ1) is 18.3. The number of methoxy groups -OCH3 is 1. The van der Waals surface area contributed by atoms with E-state index in [1.807, 2.05) is 6.92 Å². The maximum Gasteiger partial charge on any atom is 0.250 e. The monoisotopic (exact) mass is 336 g/mol. The number of allylic oxidation sites excluding steroid dienone is 4. The molecule has 1 fully saturated rings. The molecule has 0 amide bonds. The van der Waals surface area contributed by atoms with Gasteiger partial charge in [0.2, 0.25) is 8.32 Å². The molecule has 0 aromatic heterocycles. The normalized spacial score (nSPS) is 29.1. The topological polar surface area (TPSA) is 35.5 Å². The number of hydrogen-bond donors (Lipinski definition) is 0. The lowest BCUT2D eigenvalue weighted by Gasteiger charge is -2.40. The molecule has 2 aliphatic rings. The highest BCUT2D eigenvalue weighted by molar-refractivity contribution is 6.74. The lowest BCUT2D eigenvalue weighted by atomic mass is 9.81. The Kier molecular flexibility index (Phi) is 4.62. The summed E-state index contributed by atoms with van der Waals surface area (Å²) in [5.41, 5.74) is 0.727. The molecule has 0 heterocycles. The van der Waals surface area contributed by atoms with Crippen molar-refractivity contribution in [2.75, 3.05) is 7.11 Å². The van der Waals surface area contributed by atoms with Gasteiger partial charge in [-0.2, -0.15) is 0 Å². The molecule has 0 aliphatic heterocycles. The molecule has 0 unspecified atom stereocenters. The second-order valence-electron chi connectivity index (χ2n) is 8.74. The van der Waals surface area contributed by atoms with Crippen molar-refractivity contribution in [3.63, 3.8) is 0 Å². The van der Waals surface area contributed by atoms with E-state index < -0.39 is 13.7 Å². The van der Waals surface area contributed by atoms with Gasteiger partial charge in [0.25, 0.3) is 0 Å². The summed E-state index contributed by atoms with van der Waals surface area (Å²) in [6.07, 6.45) is 4.65. The van der Waals surface area contributed by atoms with Crippen LogP contribution in [0.15, 0.2) is 23.2 Å². The zero-order valence-corrected chi connectivity index (χ0v) is 17.0. The van der Waals surface area contributed by atoms with Crippen LogP contribution in [0.5, 0.6) is 0 Å². The van der Waals surface area contributed by atoms with Crippen LogP contribution in [0.1, 0.15) is 53.9 Å². The number of ether oxygens (including phenoxy) is 1. The molecule has 4 heteroatoms. The standard InChI is InChI=1S/C19H32O3Si/c1-13(21-6)11-14-12-15-9-10-16(20)19(15,5)17(14)22-23(7,8)18(2,3)4/h11,15H,9-10,12H2,1-8H3/b13-11+/t15-,19+/m0/s1. The van der Waals surface area contributed by atoms with Crippen LogP contribution in [-0.4, -0.2) is 21.2 Å². The van der Waals surface area contributed by atoms with Gasteiger partial charge in [-0.25, -0.2) is 0 Å². The van der Waals surface area contributed by atoms with Crippen molar-refractivity contribution in [2.45, 2.75) is 72.0 Å². The highest BCUT2D eigenvalue weighted by Crippen LogP contribution is 2.57. The zero-order chi connectivity index (χ0) is 17.6. The van der Waals surface area contributed by atoms with E-state index >= 15 is 0 Å². The van der Waals surface area contributed by atoms with Crippen LogP contribution in [0.2, 0.25) is 18.1 Å². The van der Waals surface area contributed by atoms with Crippen molar-refractivity contribution in [1.82, 2.24) is 0 Å². The summed E-state index contributed by atoms with van der Waals surface area (Å²) in [6.45, 7) is 15.3. The molecule has 0 aromatic rings. The van der Waals surface area contributed by atoms with Crippen LogP contribution >= 0.6 is 0 Å². The van der Waals surface area contributed by atoms with Crippen molar-refractivity contribution in [3.8, 4) is 0 Å². The number of hydrogen-bond acceptors (Lipinski definition) is 3. The summed E-state index contributed by atoms with van der Waals surface area (Å²) < 4.78 is 12.0. The van der Waals surface area contributed by atoms with Crippen molar-refractivity contribution in [3.05, 3.63) is 23.2 Å². The second kappa shape index (κ2) is 5.80. The average molecular weight is 337 g/mol. The van der Waals surface area contributed by atoms with Gasteiger partial charge in [-0.3, -0.25) is 4.79 Å². The number of carbonyl (C=O) groups is 1. The summed E-state index contributed by atoms with van der Waals surface area (Å²) in [5.74, 6) is 2.53. The van der Waals surface area contributed by atoms with Gasteiger partial charge in [0.05, 0.1) is 24.0 Å². The van der Waals surface area contributed by atoms with E-state index in [9.17, 15) is 4.79 Å². The third kappa shape index (κ3) is 3.02. The maximum atomic E-state index is 12.7. The van der Waals surface area contributed by atoms with Gasteiger partial charge in [-0.1, -0.05) is 20.8 Å². The number of Topliss-reactive ketones (excluding diaryl/α,β-unsaturated/α-hetero) is 1. The van der Waals surface area contributed by atoms with Crippen molar-refractivity contribution < 1.29 is 14.0 Å². The molecule has 0 spiro atoms. The summed E-state index contributed by atoms with van der Waals surface area (Å²) in [5, 5.41) is 0.112. The molecule has 1 saturated carbocycles. The highest BCUT2D eigenvalue weighted by Gasteiger charge is 2.56. The molecule has 0 aromatic carbocycles. The van der Waals surface area contributed by atoms with E-state index in [0.717, 1.165) is 29.9 Å². The molecular formula is C19H32O3Si. The fraction of sp³-hybridized carbons (Fsp3) is 0.737. The fourth-order valence-electron chi connectivity index (χ4n) is 3.40. The predicted octanol–water partition coefficient (Wildman–Crippen LogP) is 5.20. The molecule has 23 heavy (non-hydrogen) atoms. The van der Waals surface area contributed by atoms with Gasteiger partial charge in [0, 0.05) is 6.42 Å². The van der Waals surface area contributed by atoms with Crippen LogP contribution in [0.3, 0.4) is 0 Å². The van der Waals surface area contributed by atoms with Crippen LogP contribution < -0.4 is 0 Å². The van der Waals surface area contributed by atoms with Crippen LogP contribution in [0.25, 0.3) is 0 Å². The first-order chi connectivity index (χ1) is 10.4. The Morgan fingerprint density at radius 2 is 1.96 bits per heavy atom. The number of rotatable bonds is 4. The highest BCUT2D eigenvalue weighted by atomic mass is 28.4. The maximum absolute atomic E-state index is 12.7. The fourth-order valence-corrected chi connectivity index (χ4v) is 4.56. The van der Waals surface area contributed by atoms with E-state index in [0.29, 0.717) is 18.1 Å². The predicted molar refractivity (Wildman–Crippen MR) is 96.5 cm³/mol. The lowest BCUT2D eigenvalue weighted by Crippen LogP contribution is -2.43. The summed E-state index contributed by atoms with van der Waals surface area (Å²) in [4.78, 5) is 12.7. The number of ketones is 1. The molecule has 0 N–H and O–H groups in total. The first-order valence-electron chi connectivity index (χ1n) is 8.61. The smallest absolute Gasteiger partial charge is 0.250 e. The van der Waals surface area contributed by atoms with E-state index in [-0.39, 0.29) is 5.04 Å². The quantitative estimate of drug-likeness (QED) is 0.523. The molecule has 2 aliphatic carbocycles. The van der Waals surface area contributed by atoms with Gasteiger partial charge < -0.3 is 9.16 Å². The van der Waals surface area contributed by atoms with Gasteiger partial charge in [-0.05, 0) is 62.4 Å². The Balaban J connectivity index is 2.50. The van der Waals surface area contributed by atoms with Gasteiger partial charge >= 0.3 is 0 Å². The minimum Gasteiger partial charge on any atom is -0.545 e. The Morgan fingerprint density at radius 1 is 1.35 bits per heavy atom. The number of fused-ring (bicyclic) bond motifs is 1. The third-order valence-electron chi connectivity index (χ3n) is 6.21. The third-order valence-corrected chi connectivity index (χ3v) is 10.5. The Morgan fingerprint density at radius 3 is 2.48 bits per heavy atom. The summed E-state index contributed by atoms with van der Waals surface area (Å²) >= 11 is 0. The van der Waals surface area contributed by atoms with Crippen LogP contribution in [0, 0.1) is 11.3 Å². The van der Waals surface area contributed by atoms with E-state index in [4.69, 9.17) is 9.16 Å². The van der Waals surface area contributed by atoms with Crippen molar-refractivity contribution in [2.24, 2.45) is 11.3 Å². The molecule has 130 valence electrons. The number of carbonyl (C=O) groups excluding carboxylic acids is 1. The minimum atomic E-state index is -1.99. The Hall–Kier alpha value is -1.03. The molecule has 0 bridgehead atoms. The summed E-state index contributed by atoms with van der Waals surface area (Å²) in [7, 11) is -0.306. The molecular weight excluding hydrogens is 304 g/mol. The average Bonchev–Trinajstić information content (AvgIpc) is 2.84. The minimum absolute atomic E-state index is 0.112. The van der Waals surface area contributed by atoms with Gasteiger partial charge in [0.15, 0.2) is 0 Å². The lowest BCUT2D eigenvalue weighted by molar-refractivity contribution is -0.125. The van der Waals surface area contributed by atoms with Gasteiger partial charge in [0.1, 0.15) is 5.78 Å². The van der Waals surface area contributed by atoms with E-state index in [1.54, 1.807) is 7.11 Å². The molecule has 0 radical (unpaired) electrons. The SMILES string of the molecule is CO/C(C)=C/C1=C(O[Si](C)(C)C(C)(C)C)[C@@]2(C)C(=O)CC[C@H]2C1. The molecule has 2 atom stereocenters. The molecule has 2 rings (SSSR count). The summed E-state index contributed by atoms with van der Waals surface area (Å²) in [6, 6.07) is 0. The second-order valence-corrected chi connectivity index (χ2v) is 13.5. The van der Waals surface area contributed by atoms with Crippen molar-refractivity contribution in [1.29, 1.82) is 0 Å². The van der Waals surface area contributed by atoms with E-state index in [1.165, 1.54) is 0 Å². The van der Waals surface area contributed by atoms with Crippen LogP contribution in [0.4, 0.5) is 0 Å². The molecule has 0 saturated heterocycles. The largest absolute Gasteiger partial charge is 0.545 e. The first-order valence-corrected chi connectivity index (χ1v) is 11.5. The Bertz CT molecular complexity index is 566. The van der Waals surface area contributed by atoms with Crippen molar-refractivity contribution >= 4 is 14.1 Å². The zero-order valence-electron chi connectivity index (χ0n) is 16.0. The van der Waals surface area contributed by atoms with Gasteiger partial charge in [-0.15, -0.1) is 0 Å².